The van der Waals surface area contributed by atoms with Crippen molar-refractivity contribution in [1.82, 2.24) is 49.5 Å². The Morgan fingerprint density at radius 2 is 1.74 bits per heavy atom. The van der Waals surface area contributed by atoms with Gasteiger partial charge in [-0.25, -0.2) is 19.4 Å². The van der Waals surface area contributed by atoms with E-state index in [2.05, 4.69) is 35.4 Å². The zero-order valence-electron chi connectivity index (χ0n) is 23.7. The first-order chi connectivity index (χ1) is 20.4. The third kappa shape index (κ3) is 4.85. The molecule has 0 saturated carbocycles. The predicted octanol–water partition coefficient (Wildman–Crippen LogP) is 2.41. The topological polar surface area (TPSA) is 167 Å². The fraction of sp³-hybridized carbons (Fsp3) is 0.321. The van der Waals surface area contributed by atoms with Crippen molar-refractivity contribution in [3.05, 3.63) is 48.7 Å². The van der Waals surface area contributed by atoms with Crippen LogP contribution < -0.4 is 11.2 Å². The molecule has 216 valence electrons. The smallest absolute Gasteiger partial charge is 0.321 e. The molecule has 1 saturated heterocycles. The van der Waals surface area contributed by atoms with Crippen LogP contribution in [0.5, 0.6) is 0 Å². The fourth-order valence-corrected chi connectivity index (χ4v) is 5.13. The van der Waals surface area contributed by atoms with E-state index in [1.54, 1.807) is 34.6 Å². The van der Waals surface area contributed by atoms with Crippen LogP contribution in [0.25, 0.3) is 44.7 Å². The molecule has 5 aromatic heterocycles. The minimum absolute atomic E-state index is 0.150. The van der Waals surface area contributed by atoms with E-state index in [4.69, 9.17) is 10.8 Å². The van der Waals surface area contributed by atoms with E-state index in [1.165, 1.54) is 10.9 Å². The van der Waals surface area contributed by atoms with Gasteiger partial charge in [0.15, 0.2) is 11.5 Å². The molecule has 14 heteroatoms. The fourth-order valence-electron chi connectivity index (χ4n) is 5.13. The van der Waals surface area contributed by atoms with Crippen LogP contribution in [-0.2, 0) is 0 Å². The Hall–Kier alpha value is -5.11. The molecule has 0 atom stereocenters. The standard InChI is InChI=1S/C28H32N12O2/c1-4-38(5-2)27(41)21-15-31-16-22-23(21)34-26(40(22)29)24-20-11-18(13-32-25(20)36-35-24)17-10-19(14-30-12-17)33-28(42)39-8-6-37(3)7-9-39/h10-16H,4-9,29H2,1-3H3,(H,33,42)(H,32,35,36). The number of nitrogens with one attached hydrogen (secondary N) is 2. The molecule has 0 bridgehead atoms. The van der Waals surface area contributed by atoms with E-state index in [0.717, 1.165) is 24.2 Å². The van der Waals surface area contributed by atoms with Gasteiger partial charge >= 0.3 is 6.03 Å². The lowest BCUT2D eigenvalue weighted by Gasteiger charge is -2.32. The van der Waals surface area contributed by atoms with E-state index < -0.39 is 0 Å². The number of likely N-dealkylation sites (N-methyl/N-ethyl adjacent to an activating group) is 1. The van der Waals surface area contributed by atoms with E-state index in [0.29, 0.717) is 71.0 Å². The molecule has 5 aromatic rings. The van der Waals surface area contributed by atoms with Crippen LogP contribution in [-0.4, -0.2) is 108 Å². The molecule has 1 fully saturated rings. The first kappa shape index (κ1) is 27.1. The number of urea groups is 1. The van der Waals surface area contributed by atoms with Gasteiger partial charge in [0.05, 0.1) is 29.0 Å². The van der Waals surface area contributed by atoms with Crippen molar-refractivity contribution >= 4 is 39.7 Å². The Balaban J connectivity index is 1.33. The minimum Gasteiger partial charge on any atom is -0.339 e. The Kier molecular flexibility index (Phi) is 7.12. The number of nitrogens with zero attached hydrogens (tertiary/aromatic N) is 9. The van der Waals surface area contributed by atoms with Gasteiger partial charge in [0, 0.05) is 69.0 Å². The summed E-state index contributed by atoms with van der Waals surface area (Å²) in [5.41, 5.74) is 4.49. The summed E-state index contributed by atoms with van der Waals surface area (Å²) in [5, 5.41) is 11.1. The lowest BCUT2D eigenvalue weighted by molar-refractivity contribution is 0.0774. The minimum atomic E-state index is -0.161. The second kappa shape index (κ2) is 11.0. The number of carbonyl (C=O) groups excluding carboxylic acids is 2. The molecule has 0 aromatic carbocycles. The van der Waals surface area contributed by atoms with E-state index in [-0.39, 0.29) is 11.9 Å². The Morgan fingerprint density at radius 3 is 2.50 bits per heavy atom. The summed E-state index contributed by atoms with van der Waals surface area (Å²) in [6.45, 7) is 8.00. The summed E-state index contributed by atoms with van der Waals surface area (Å²) in [4.78, 5) is 49.6. The zero-order valence-corrected chi connectivity index (χ0v) is 23.7. The highest BCUT2D eigenvalue weighted by Gasteiger charge is 2.24. The Morgan fingerprint density at radius 1 is 1.00 bits per heavy atom. The highest BCUT2D eigenvalue weighted by atomic mass is 16.2. The van der Waals surface area contributed by atoms with Gasteiger partial charge in [-0.1, -0.05) is 0 Å². The maximum atomic E-state index is 13.2. The molecule has 42 heavy (non-hydrogen) atoms. The van der Waals surface area contributed by atoms with Crippen molar-refractivity contribution in [3.8, 4) is 22.6 Å². The SMILES string of the molecule is CCN(CC)C(=O)c1cncc2c1nc(-c1n[nH]c3ncc(-c4cncc(NC(=O)N5CCN(C)CC5)c4)cc13)n2N. The molecule has 0 aliphatic carbocycles. The van der Waals surface area contributed by atoms with Gasteiger partial charge in [-0.2, -0.15) is 5.10 Å². The van der Waals surface area contributed by atoms with Crippen LogP contribution in [0.2, 0.25) is 0 Å². The molecule has 1 aliphatic heterocycles. The molecule has 6 rings (SSSR count). The number of H-pyrrole nitrogens is 1. The second-order valence-corrected chi connectivity index (χ2v) is 10.2. The van der Waals surface area contributed by atoms with Gasteiger partial charge in [0.1, 0.15) is 16.7 Å². The van der Waals surface area contributed by atoms with Crippen LogP contribution >= 0.6 is 0 Å². The number of aromatic nitrogens is 7. The largest absolute Gasteiger partial charge is 0.339 e. The van der Waals surface area contributed by atoms with E-state index >= 15 is 0 Å². The number of hydrogen-bond donors (Lipinski definition) is 3. The summed E-state index contributed by atoms with van der Waals surface area (Å²) in [5.74, 6) is 6.68. The maximum Gasteiger partial charge on any atom is 0.321 e. The number of nitrogens with two attached hydrogens (primary N) is 1. The number of anilines is 1. The molecule has 6 heterocycles. The Labute approximate surface area is 241 Å². The van der Waals surface area contributed by atoms with Gasteiger partial charge in [-0.15, -0.1) is 0 Å². The highest BCUT2D eigenvalue weighted by molar-refractivity contribution is 6.05. The molecule has 0 spiro atoms. The number of carbonyl (C=O) groups is 2. The summed E-state index contributed by atoms with van der Waals surface area (Å²) in [7, 11) is 2.05. The molecular weight excluding hydrogens is 536 g/mol. The molecular formula is C28H32N12O2. The predicted molar refractivity (Wildman–Crippen MR) is 159 cm³/mol. The number of amides is 3. The van der Waals surface area contributed by atoms with Gasteiger partial charge in [0.2, 0.25) is 0 Å². The maximum absolute atomic E-state index is 13.2. The Bertz CT molecular complexity index is 1780. The second-order valence-electron chi connectivity index (χ2n) is 10.2. The van der Waals surface area contributed by atoms with Gasteiger partial charge < -0.3 is 25.9 Å². The molecule has 14 nitrogen and oxygen atoms in total. The van der Waals surface area contributed by atoms with Crippen molar-refractivity contribution in [2.24, 2.45) is 0 Å². The summed E-state index contributed by atoms with van der Waals surface area (Å²) in [6, 6.07) is 3.63. The van der Waals surface area contributed by atoms with Crippen LogP contribution in [0.4, 0.5) is 10.5 Å². The third-order valence-electron chi connectivity index (χ3n) is 7.63. The number of fused-ring (bicyclic) bond motifs is 2. The number of imidazole rings is 1. The summed E-state index contributed by atoms with van der Waals surface area (Å²) in [6.07, 6.45) is 8.14. The number of aromatic amines is 1. The molecule has 0 unspecified atom stereocenters. The van der Waals surface area contributed by atoms with E-state index in [9.17, 15) is 9.59 Å². The summed E-state index contributed by atoms with van der Waals surface area (Å²) >= 11 is 0. The van der Waals surface area contributed by atoms with Crippen molar-refractivity contribution in [2.45, 2.75) is 13.8 Å². The van der Waals surface area contributed by atoms with Crippen molar-refractivity contribution in [1.29, 1.82) is 0 Å². The van der Waals surface area contributed by atoms with Crippen molar-refractivity contribution in [2.75, 3.05) is 57.5 Å². The zero-order chi connectivity index (χ0) is 29.4. The monoisotopic (exact) mass is 568 g/mol. The first-order valence-corrected chi connectivity index (χ1v) is 13.8. The van der Waals surface area contributed by atoms with Crippen molar-refractivity contribution in [3.63, 3.8) is 0 Å². The third-order valence-corrected chi connectivity index (χ3v) is 7.63. The normalized spacial score (nSPS) is 14.0. The molecule has 3 amide bonds. The average Bonchev–Trinajstić information content (AvgIpc) is 3.58. The van der Waals surface area contributed by atoms with Crippen LogP contribution in [0, 0.1) is 0 Å². The van der Waals surface area contributed by atoms with Crippen LogP contribution in [0.15, 0.2) is 43.1 Å². The van der Waals surface area contributed by atoms with Crippen LogP contribution in [0.1, 0.15) is 24.2 Å². The lowest BCUT2D eigenvalue weighted by Crippen LogP contribution is -2.48. The number of rotatable bonds is 6. The molecule has 0 radical (unpaired) electrons. The van der Waals surface area contributed by atoms with Crippen molar-refractivity contribution < 1.29 is 9.59 Å². The van der Waals surface area contributed by atoms with Gasteiger partial charge in [0.25, 0.3) is 5.91 Å². The van der Waals surface area contributed by atoms with Gasteiger partial charge in [-0.3, -0.25) is 19.9 Å². The summed E-state index contributed by atoms with van der Waals surface area (Å²) < 4.78 is 1.39. The number of piperazine rings is 1. The number of nitrogen functional groups attached to an aromatic ring is 1. The quantitative estimate of drug-likeness (QED) is 0.261. The average molecular weight is 569 g/mol. The highest BCUT2D eigenvalue weighted by Crippen LogP contribution is 2.31. The van der Waals surface area contributed by atoms with E-state index in [1.807, 2.05) is 33.0 Å². The lowest BCUT2D eigenvalue weighted by atomic mass is 10.1. The van der Waals surface area contributed by atoms with Gasteiger partial charge in [-0.05, 0) is 33.0 Å². The van der Waals surface area contributed by atoms with Crippen LogP contribution in [0.3, 0.4) is 0 Å². The molecule has 1 aliphatic rings. The molecule has 4 N–H and O–H groups in total. The number of hydrogen-bond acceptors (Lipinski definition) is 9. The first-order valence-electron chi connectivity index (χ1n) is 13.8. The number of pyridine rings is 3.